The van der Waals surface area contributed by atoms with E-state index in [1.807, 2.05) is 158 Å². The molecular formula is C68H62Cl2N6O2. The molecule has 0 spiro atoms. The van der Waals surface area contributed by atoms with Crippen LogP contribution in [0.3, 0.4) is 0 Å². The van der Waals surface area contributed by atoms with Gasteiger partial charge >= 0.3 is 0 Å². The van der Waals surface area contributed by atoms with Crippen molar-refractivity contribution in [3.05, 3.63) is 190 Å². The zero-order valence-corrected chi connectivity index (χ0v) is 45.8. The molecule has 78 heavy (non-hydrogen) atoms. The summed E-state index contributed by atoms with van der Waals surface area (Å²) in [7, 11) is 0. The van der Waals surface area contributed by atoms with Crippen LogP contribution in [0.5, 0.6) is 11.5 Å². The Morgan fingerprint density at radius 2 is 0.833 bits per heavy atom. The Kier molecular flexibility index (Phi) is 17.3. The van der Waals surface area contributed by atoms with Gasteiger partial charge in [0.15, 0.2) is 0 Å². The third-order valence-electron chi connectivity index (χ3n) is 14.5. The Labute approximate surface area is 466 Å². The van der Waals surface area contributed by atoms with Gasteiger partial charge in [-0.3, -0.25) is 0 Å². The van der Waals surface area contributed by atoms with Gasteiger partial charge in [-0.25, -0.2) is 9.97 Å². The average Bonchev–Trinajstić information content (AvgIpc) is 4.26. The molecule has 0 aliphatic heterocycles. The van der Waals surface area contributed by atoms with E-state index in [0.717, 1.165) is 81.3 Å². The molecule has 0 aliphatic rings. The molecule has 0 fully saturated rings. The number of ether oxygens (including phenoxy) is 2. The molecule has 0 bridgehead atoms. The van der Waals surface area contributed by atoms with Gasteiger partial charge in [0.1, 0.15) is 34.8 Å². The lowest BCUT2D eigenvalue weighted by molar-refractivity contribution is 0.304. The van der Waals surface area contributed by atoms with E-state index in [0.29, 0.717) is 89.7 Å². The first-order chi connectivity index (χ1) is 38.3. The molecule has 10 aromatic rings. The Hall–Kier alpha value is -8.14. The fourth-order valence-electron chi connectivity index (χ4n) is 10.5. The molecule has 0 amide bonds. The smallest absolute Gasteiger partial charge is 0.119 e. The minimum absolute atomic E-state index is 0.315. The normalized spacial score (nSPS) is 12.2. The Morgan fingerprint density at radius 3 is 1.22 bits per heavy atom. The van der Waals surface area contributed by atoms with E-state index in [1.165, 1.54) is 51.4 Å². The number of aromatic amines is 2. The highest BCUT2D eigenvalue weighted by atomic mass is 35.5. The van der Waals surface area contributed by atoms with Gasteiger partial charge in [0, 0.05) is 31.6 Å². The Bertz CT molecular complexity index is 3670. The van der Waals surface area contributed by atoms with Crippen LogP contribution >= 0.6 is 23.2 Å². The minimum Gasteiger partial charge on any atom is -0.494 e. The van der Waals surface area contributed by atoms with Crippen LogP contribution in [-0.2, 0) is 0 Å². The first kappa shape index (κ1) is 53.3. The minimum atomic E-state index is 0.315. The van der Waals surface area contributed by atoms with Crippen molar-refractivity contribution in [1.29, 1.82) is 10.5 Å². The molecule has 10 rings (SSSR count). The molecular weight excluding hydrogens is 1000 g/mol. The number of hydrogen-bond acceptors (Lipinski definition) is 6. The van der Waals surface area contributed by atoms with Crippen molar-refractivity contribution < 1.29 is 9.47 Å². The molecule has 0 atom stereocenters. The van der Waals surface area contributed by atoms with Crippen molar-refractivity contribution in [2.24, 2.45) is 0 Å². The second kappa shape index (κ2) is 25.3. The lowest BCUT2D eigenvalue weighted by atomic mass is 9.97. The second-order valence-electron chi connectivity index (χ2n) is 19.9. The zero-order valence-electron chi connectivity index (χ0n) is 44.3. The number of nitrogens with zero attached hydrogens (tertiary/aromatic N) is 4. The molecule has 10 heteroatoms. The lowest BCUT2D eigenvalue weighted by Crippen LogP contribution is -2.12. The number of nitrogens with one attached hydrogen (secondary N) is 2. The molecule has 6 aromatic carbocycles. The molecule has 0 radical (unpaired) electrons. The predicted molar refractivity (Wildman–Crippen MR) is 321 cm³/mol. The number of rotatable bonds is 22. The quantitative estimate of drug-likeness (QED) is 0.0652. The molecule has 2 N–H and O–H groups in total. The summed E-state index contributed by atoms with van der Waals surface area (Å²) in [5.74, 6) is 1.53. The van der Waals surface area contributed by atoms with Crippen molar-refractivity contribution in [2.75, 3.05) is 13.2 Å². The van der Waals surface area contributed by atoms with Crippen molar-refractivity contribution in [3.8, 4) is 68.4 Å². The monoisotopic (exact) mass is 1060 g/mol. The highest BCUT2D eigenvalue weighted by Gasteiger charge is 2.25. The number of aromatic nitrogens is 4. The number of fused-ring (bicyclic) bond motifs is 3. The summed E-state index contributed by atoms with van der Waals surface area (Å²) in [6.07, 6.45) is 14.1. The largest absolute Gasteiger partial charge is 0.494 e. The van der Waals surface area contributed by atoms with E-state index >= 15 is 0 Å². The first-order valence-electron chi connectivity index (χ1n) is 27.5. The van der Waals surface area contributed by atoms with Gasteiger partial charge in [-0.2, -0.15) is 10.5 Å². The molecule has 390 valence electrons. The SMILES string of the molecule is CCCCCCCCOc1ccc(-c2[nH]/c(=C(/C#N)c3cc(-c4ccccc4)c4cc(Cl)ccc4n3)c3c(-c4ccc(OCCCCCCCC)cc4)[nH]/c(=C(/C#N)c4cc(-c5ccccc5)c5cc(Cl)ccc5n4)c23)cc1. The highest BCUT2D eigenvalue weighted by molar-refractivity contribution is 6.32. The Morgan fingerprint density at radius 1 is 0.449 bits per heavy atom. The number of halogens is 2. The topological polar surface area (TPSA) is 123 Å². The third kappa shape index (κ3) is 11.9. The number of H-pyrrole nitrogens is 2. The van der Waals surface area contributed by atoms with Gasteiger partial charge in [0.05, 0.1) is 57.7 Å². The number of nitriles is 2. The van der Waals surface area contributed by atoms with Crippen molar-refractivity contribution >= 4 is 66.9 Å². The van der Waals surface area contributed by atoms with E-state index in [1.54, 1.807) is 0 Å². The third-order valence-corrected chi connectivity index (χ3v) is 15.0. The summed E-state index contributed by atoms with van der Waals surface area (Å²) in [5.41, 5.74) is 9.69. The van der Waals surface area contributed by atoms with E-state index in [4.69, 9.17) is 42.6 Å². The van der Waals surface area contributed by atoms with Gasteiger partial charge in [0.2, 0.25) is 0 Å². The fourth-order valence-corrected chi connectivity index (χ4v) is 10.8. The summed E-state index contributed by atoms with van der Waals surface area (Å²) < 4.78 is 12.6. The Balaban J connectivity index is 1.23. The number of unbranched alkanes of at least 4 members (excludes halogenated alkanes) is 10. The van der Waals surface area contributed by atoms with E-state index < -0.39 is 0 Å². The predicted octanol–water partition coefficient (Wildman–Crippen LogP) is 17.5. The molecule has 0 saturated carbocycles. The maximum absolute atomic E-state index is 11.6. The molecule has 0 saturated heterocycles. The maximum atomic E-state index is 11.6. The summed E-state index contributed by atoms with van der Waals surface area (Å²) in [4.78, 5) is 18.0. The van der Waals surface area contributed by atoms with Crippen LogP contribution in [0.4, 0.5) is 0 Å². The summed E-state index contributed by atoms with van der Waals surface area (Å²) >= 11 is 13.3. The van der Waals surface area contributed by atoms with Crippen LogP contribution in [0, 0.1) is 22.7 Å². The van der Waals surface area contributed by atoms with Crippen molar-refractivity contribution in [2.45, 2.75) is 90.9 Å². The molecule has 4 aromatic heterocycles. The second-order valence-corrected chi connectivity index (χ2v) is 20.8. The number of benzene rings is 6. The molecule has 0 aliphatic carbocycles. The van der Waals surface area contributed by atoms with Crippen LogP contribution in [0.15, 0.2) is 158 Å². The van der Waals surface area contributed by atoms with Gasteiger partial charge in [0.25, 0.3) is 0 Å². The van der Waals surface area contributed by atoms with Crippen LogP contribution in [0.25, 0.3) is 88.5 Å². The lowest BCUT2D eigenvalue weighted by Gasteiger charge is -2.11. The van der Waals surface area contributed by atoms with Gasteiger partial charge in [-0.1, -0.05) is 162 Å². The zero-order chi connectivity index (χ0) is 53.8. The fraction of sp³-hybridized carbons (Fsp3) is 0.235. The number of pyridine rings is 2. The van der Waals surface area contributed by atoms with Crippen LogP contribution in [0.1, 0.15) is 102 Å². The average molecular weight is 1070 g/mol. The summed E-state index contributed by atoms with van der Waals surface area (Å²) in [5, 5.41) is 28.6. The van der Waals surface area contributed by atoms with E-state index in [9.17, 15) is 10.5 Å². The standard InChI is InChI=1S/C68H62Cl2N6O2/c1-3-5-7-9-11-19-37-77-51-31-25-47(26-32-51)65-63-64(68(75-65)58(44-72)62-42-54(46-23-17-14-18-24-46)56-40-50(70)30-36-60(56)74-62)66(48-27-33-52(34-28-48)78-38-20-12-10-8-6-4-2)76-67(63)57(43-71)61-41-53(45-21-15-13-16-22-45)55-39-49(69)29-35-59(55)73-61/h13-18,21-36,39-42,75-76H,3-12,19-20,37-38H2,1-2H3/b67-57-,68-58-. The van der Waals surface area contributed by atoms with E-state index in [-0.39, 0.29) is 0 Å². The van der Waals surface area contributed by atoms with Gasteiger partial charge in [-0.05, 0) is 143 Å². The summed E-state index contributed by atoms with van der Waals surface area (Å²) in [6.45, 7) is 5.72. The molecule has 0 unspecified atom stereocenters. The van der Waals surface area contributed by atoms with Gasteiger partial charge in [-0.15, -0.1) is 0 Å². The van der Waals surface area contributed by atoms with Crippen LogP contribution in [0.2, 0.25) is 10.0 Å². The maximum Gasteiger partial charge on any atom is 0.119 e. The van der Waals surface area contributed by atoms with Crippen LogP contribution in [-0.4, -0.2) is 33.1 Å². The van der Waals surface area contributed by atoms with Crippen molar-refractivity contribution in [1.82, 2.24) is 19.9 Å². The van der Waals surface area contributed by atoms with E-state index in [2.05, 4.69) is 36.0 Å². The highest BCUT2D eigenvalue weighted by Crippen LogP contribution is 2.37. The summed E-state index contributed by atoms with van der Waals surface area (Å²) in [6, 6.07) is 56.7. The van der Waals surface area contributed by atoms with Crippen LogP contribution < -0.4 is 20.2 Å². The van der Waals surface area contributed by atoms with Gasteiger partial charge < -0.3 is 19.4 Å². The first-order valence-corrected chi connectivity index (χ1v) is 28.2. The van der Waals surface area contributed by atoms with Crippen molar-refractivity contribution in [3.63, 3.8) is 0 Å². The number of hydrogen-bond donors (Lipinski definition) is 2. The molecule has 4 heterocycles. The molecule has 8 nitrogen and oxygen atoms in total.